The van der Waals surface area contributed by atoms with Crippen LogP contribution in [0, 0.1) is 0 Å². The predicted octanol–water partition coefficient (Wildman–Crippen LogP) is 2.80. The first-order valence-corrected chi connectivity index (χ1v) is 7.60. The molecule has 0 saturated carbocycles. The largest absolute Gasteiger partial charge is 0.446 e. The summed E-state index contributed by atoms with van der Waals surface area (Å²) >= 11 is 0. The molecule has 102 valence electrons. The van der Waals surface area contributed by atoms with Gasteiger partial charge in [-0.1, -0.05) is 25.1 Å². The Kier molecular flexibility index (Phi) is 3.61. The van der Waals surface area contributed by atoms with E-state index in [4.69, 9.17) is 4.74 Å². The van der Waals surface area contributed by atoms with Crippen LogP contribution in [0.15, 0.2) is 30.5 Å². The third-order valence-electron chi connectivity index (χ3n) is 2.97. The van der Waals surface area contributed by atoms with E-state index in [0.29, 0.717) is 0 Å². The Hall–Kier alpha value is -1.82. The van der Waals surface area contributed by atoms with Crippen molar-refractivity contribution in [2.75, 3.05) is 5.75 Å². The molecular weight excluding hydrogens is 266 g/mol. The molecule has 1 aromatic carbocycles. The van der Waals surface area contributed by atoms with Gasteiger partial charge in [-0.15, -0.1) is 0 Å². The number of sulfone groups is 1. The fourth-order valence-corrected chi connectivity index (χ4v) is 2.36. The molecule has 1 atom stereocenters. The van der Waals surface area contributed by atoms with Crippen LogP contribution in [0.2, 0.25) is 0 Å². The molecule has 0 aliphatic heterocycles. The van der Waals surface area contributed by atoms with Crippen molar-refractivity contribution in [2.24, 2.45) is 0 Å². The molecule has 0 amide bonds. The summed E-state index contributed by atoms with van der Waals surface area (Å²) in [4.78, 5) is 14.6. The van der Waals surface area contributed by atoms with Gasteiger partial charge in [0.1, 0.15) is 6.10 Å². The molecule has 6 heteroatoms. The van der Waals surface area contributed by atoms with Crippen LogP contribution in [0.5, 0.6) is 0 Å². The Morgan fingerprint density at radius 3 is 2.74 bits per heavy atom. The maximum atomic E-state index is 11.5. The first kappa shape index (κ1) is 13.6. The van der Waals surface area contributed by atoms with Crippen LogP contribution >= 0.6 is 0 Å². The molecule has 0 fully saturated rings. The van der Waals surface area contributed by atoms with E-state index in [1.807, 2.05) is 24.3 Å². The van der Waals surface area contributed by atoms with Gasteiger partial charge in [-0.2, -0.15) is 0 Å². The van der Waals surface area contributed by atoms with Crippen molar-refractivity contribution in [1.29, 1.82) is 0 Å². The smallest absolute Gasteiger partial charge is 0.425 e. The summed E-state index contributed by atoms with van der Waals surface area (Å²) in [7, 11) is -3.81. The summed E-state index contributed by atoms with van der Waals surface area (Å²) in [5.74, 6) is -0.258. The molecule has 1 unspecified atom stereocenters. The van der Waals surface area contributed by atoms with Gasteiger partial charge in [0.25, 0.3) is 0 Å². The highest BCUT2D eigenvalue weighted by Crippen LogP contribution is 2.26. The van der Waals surface area contributed by atoms with Crippen LogP contribution in [0.3, 0.4) is 0 Å². The van der Waals surface area contributed by atoms with Crippen molar-refractivity contribution in [3.8, 4) is 0 Å². The molecule has 0 saturated heterocycles. The fraction of sp³-hybridized carbons (Fsp3) is 0.308. The number of para-hydroxylation sites is 1. The zero-order chi connectivity index (χ0) is 14.0. The molecule has 0 aliphatic rings. The Balaban J connectivity index is 2.26. The quantitative estimate of drug-likeness (QED) is 0.878. The summed E-state index contributed by atoms with van der Waals surface area (Å²) in [6, 6.07) is 7.55. The van der Waals surface area contributed by atoms with Gasteiger partial charge in [-0.25, -0.2) is 13.2 Å². The molecule has 0 aliphatic carbocycles. The van der Waals surface area contributed by atoms with Crippen LogP contribution in [-0.4, -0.2) is 24.5 Å². The molecule has 0 spiro atoms. The van der Waals surface area contributed by atoms with Crippen molar-refractivity contribution >= 4 is 26.0 Å². The second-order valence-electron chi connectivity index (χ2n) is 4.20. The van der Waals surface area contributed by atoms with Gasteiger partial charge in [0, 0.05) is 22.7 Å². The third-order valence-corrected chi connectivity index (χ3v) is 4.33. The summed E-state index contributed by atoms with van der Waals surface area (Å²) < 4.78 is 27.8. The first-order valence-electron chi connectivity index (χ1n) is 5.95. The Labute approximate surface area is 111 Å². The lowest BCUT2D eigenvalue weighted by Crippen LogP contribution is -2.19. The fourth-order valence-electron chi connectivity index (χ4n) is 1.83. The van der Waals surface area contributed by atoms with Crippen LogP contribution in [-0.2, 0) is 14.6 Å². The van der Waals surface area contributed by atoms with Gasteiger partial charge in [-0.3, -0.25) is 0 Å². The maximum Gasteiger partial charge on any atom is 0.425 e. The van der Waals surface area contributed by atoms with Gasteiger partial charge in [-0.05, 0) is 13.0 Å². The van der Waals surface area contributed by atoms with Gasteiger partial charge >= 0.3 is 5.30 Å². The van der Waals surface area contributed by atoms with Crippen LogP contribution in [0.1, 0.15) is 25.5 Å². The zero-order valence-corrected chi connectivity index (χ0v) is 11.5. The second-order valence-corrected chi connectivity index (χ2v) is 6.34. The van der Waals surface area contributed by atoms with E-state index in [1.165, 1.54) is 6.92 Å². The molecule has 1 aromatic heterocycles. The number of H-pyrrole nitrogens is 1. The average molecular weight is 281 g/mol. The summed E-state index contributed by atoms with van der Waals surface area (Å²) in [5.41, 5.74) is 1.68. The van der Waals surface area contributed by atoms with Gasteiger partial charge in [0.15, 0.2) is 0 Å². The summed E-state index contributed by atoms with van der Waals surface area (Å²) in [5, 5.41) is -0.260. The maximum absolute atomic E-state index is 11.5. The number of aromatic amines is 1. The topological polar surface area (TPSA) is 76.2 Å². The zero-order valence-electron chi connectivity index (χ0n) is 10.7. The highest BCUT2D eigenvalue weighted by molar-refractivity contribution is 8.05. The summed E-state index contributed by atoms with van der Waals surface area (Å²) in [6.45, 7) is 3.06. The van der Waals surface area contributed by atoms with Crippen molar-refractivity contribution < 1.29 is 17.9 Å². The number of carbonyl (C=O) groups excluding carboxylic acids is 1. The Morgan fingerprint density at radius 1 is 1.37 bits per heavy atom. The van der Waals surface area contributed by atoms with Crippen molar-refractivity contribution in [2.45, 2.75) is 20.0 Å². The van der Waals surface area contributed by atoms with Gasteiger partial charge < -0.3 is 9.72 Å². The van der Waals surface area contributed by atoms with Gasteiger partial charge in [0.05, 0.1) is 5.75 Å². The highest BCUT2D eigenvalue weighted by atomic mass is 32.2. The number of ether oxygens (including phenoxy) is 1. The molecular formula is C13H15NO4S. The lowest BCUT2D eigenvalue weighted by Gasteiger charge is -2.12. The minimum absolute atomic E-state index is 0.258. The number of carbonyl (C=O) groups is 1. The highest BCUT2D eigenvalue weighted by Gasteiger charge is 2.25. The summed E-state index contributed by atoms with van der Waals surface area (Å²) in [6.07, 6.45) is 1.10. The number of hydrogen-bond donors (Lipinski definition) is 1. The lowest BCUT2D eigenvalue weighted by atomic mass is 10.1. The average Bonchev–Trinajstić information content (AvgIpc) is 2.82. The number of rotatable bonds is 3. The molecule has 5 nitrogen and oxygen atoms in total. The van der Waals surface area contributed by atoms with Gasteiger partial charge in [0.2, 0.25) is 9.84 Å². The molecule has 0 radical (unpaired) electrons. The molecule has 0 bridgehead atoms. The molecule has 2 rings (SSSR count). The van der Waals surface area contributed by atoms with E-state index in [0.717, 1.165) is 16.5 Å². The predicted molar refractivity (Wildman–Crippen MR) is 72.7 cm³/mol. The van der Waals surface area contributed by atoms with E-state index in [2.05, 4.69) is 4.98 Å². The minimum atomic E-state index is -3.81. The number of fused-ring (bicyclic) bond motifs is 1. The SMILES string of the molecule is CCS(=O)(=O)C(=O)OC(C)c1c[nH]c2ccccc12. The number of aromatic nitrogens is 1. The molecule has 19 heavy (non-hydrogen) atoms. The van der Waals surface area contributed by atoms with E-state index < -0.39 is 21.2 Å². The van der Waals surface area contributed by atoms with E-state index in [1.54, 1.807) is 13.1 Å². The number of nitrogens with one attached hydrogen (secondary N) is 1. The molecule has 2 aromatic rings. The normalized spacial score (nSPS) is 13.4. The van der Waals surface area contributed by atoms with Crippen LogP contribution in [0.25, 0.3) is 10.9 Å². The standard InChI is InChI=1S/C13H15NO4S/c1-3-19(16,17)13(15)18-9(2)11-8-14-12-7-5-4-6-10(11)12/h4-9,14H,3H2,1-2H3. The first-order chi connectivity index (χ1) is 8.95. The second kappa shape index (κ2) is 5.05. The van der Waals surface area contributed by atoms with Crippen LogP contribution in [0.4, 0.5) is 4.79 Å². The van der Waals surface area contributed by atoms with Crippen molar-refractivity contribution in [3.63, 3.8) is 0 Å². The van der Waals surface area contributed by atoms with Crippen LogP contribution < -0.4 is 0 Å². The Morgan fingerprint density at radius 2 is 2.05 bits per heavy atom. The van der Waals surface area contributed by atoms with E-state index in [9.17, 15) is 13.2 Å². The third kappa shape index (κ3) is 2.63. The van der Waals surface area contributed by atoms with E-state index in [-0.39, 0.29) is 5.75 Å². The Bertz CT molecular complexity index is 702. The number of hydrogen-bond acceptors (Lipinski definition) is 4. The minimum Gasteiger partial charge on any atom is -0.446 e. The molecule has 1 heterocycles. The monoisotopic (exact) mass is 281 g/mol. The number of benzene rings is 1. The van der Waals surface area contributed by atoms with Crippen molar-refractivity contribution in [1.82, 2.24) is 4.98 Å². The lowest BCUT2D eigenvalue weighted by molar-refractivity contribution is 0.132. The van der Waals surface area contributed by atoms with E-state index >= 15 is 0 Å². The van der Waals surface area contributed by atoms with Crippen molar-refractivity contribution in [3.05, 3.63) is 36.0 Å². The molecule has 1 N–H and O–H groups in total.